The predicted molar refractivity (Wildman–Crippen MR) is 118 cm³/mol. The molecule has 1 aliphatic carbocycles. The smallest absolute Gasteiger partial charge is 0.390 e. The molecule has 35 heavy (non-hydrogen) atoms. The molecule has 2 aliphatic rings. The minimum absolute atomic E-state index is 0.0366. The molecule has 1 aliphatic heterocycles. The Hall–Kier alpha value is -3.44. The van der Waals surface area contributed by atoms with Gasteiger partial charge in [0.1, 0.15) is 5.82 Å². The molecular weight excluding hydrogens is 470 g/mol. The first-order valence-electron chi connectivity index (χ1n) is 11.4. The van der Waals surface area contributed by atoms with Crippen LogP contribution in [-0.2, 0) is 6.18 Å². The topological polar surface area (TPSA) is 87.7 Å². The fourth-order valence-electron chi connectivity index (χ4n) is 4.08. The van der Waals surface area contributed by atoms with Gasteiger partial charge in [-0.15, -0.1) is 10.2 Å². The maximum absolute atomic E-state index is 13.6. The summed E-state index contributed by atoms with van der Waals surface area (Å²) in [6.45, 7) is 1.36. The first-order valence-corrected chi connectivity index (χ1v) is 11.4. The molecule has 0 atom stereocenters. The highest BCUT2D eigenvalue weighted by Crippen LogP contribution is 2.33. The Balaban J connectivity index is 1.29. The Morgan fingerprint density at radius 2 is 1.80 bits per heavy atom. The standard InChI is InChI=1S/C23H25F4N5O3/c24-16-4-5-18(23(25,26)27)17(14-16)21(33)32-12-10-31(11-13-32)19-6-7-20(30-29-19)35-22(34)28-9-8-15-2-1-3-15/h4-7,14-15H,1-3,8-13H2,(H,28,34). The molecule has 0 unspecified atom stereocenters. The highest BCUT2D eigenvalue weighted by atomic mass is 19.4. The van der Waals surface area contributed by atoms with Gasteiger partial charge in [-0.2, -0.15) is 13.2 Å². The molecule has 0 bridgehead atoms. The van der Waals surface area contributed by atoms with Gasteiger partial charge >= 0.3 is 12.3 Å². The number of hydrogen-bond donors (Lipinski definition) is 1. The normalized spacial score (nSPS) is 16.6. The summed E-state index contributed by atoms with van der Waals surface area (Å²) < 4.78 is 58.5. The Morgan fingerprint density at radius 3 is 2.40 bits per heavy atom. The Labute approximate surface area is 199 Å². The van der Waals surface area contributed by atoms with Crippen LogP contribution in [0.2, 0.25) is 0 Å². The second-order valence-corrected chi connectivity index (χ2v) is 8.60. The van der Waals surface area contributed by atoms with Crippen LogP contribution >= 0.6 is 0 Å². The highest BCUT2D eigenvalue weighted by molar-refractivity contribution is 5.96. The number of nitrogens with zero attached hydrogens (tertiary/aromatic N) is 4. The lowest BCUT2D eigenvalue weighted by molar-refractivity contribution is -0.138. The molecule has 1 N–H and O–H groups in total. The monoisotopic (exact) mass is 495 g/mol. The van der Waals surface area contributed by atoms with Gasteiger partial charge in [-0.05, 0) is 36.6 Å². The third kappa shape index (κ3) is 6.17. The number of ether oxygens (including phenoxy) is 1. The number of rotatable bonds is 6. The molecule has 1 saturated heterocycles. The van der Waals surface area contributed by atoms with Gasteiger partial charge in [0.25, 0.3) is 5.91 Å². The minimum atomic E-state index is -4.77. The maximum Gasteiger partial charge on any atom is 0.417 e. The quantitative estimate of drug-likeness (QED) is 0.613. The van der Waals surface area contributed by atoms with E-state index >= 15 is 0 Å². The Bertz CT molecular complexity index is 1050. The van der Waals surface area contributed by atoms with E-state index in [4.69, 9.17) is 4.74 Å². The number of benzene rings is 1. The molecule has 2 heterocycles. The Morgan fingerprint density at radius 1 is 1.06 bits per heavy atom. The summed E-state index contributed by atoms with van der Waals surface area (Å²) in [5, 5.41) is 10.6. The number of aromatic nitrogens is 2. The predicted octanol–water partition coefficient (Wildman–Crippen LogP) is 3.88. The van der Waals surface area contributed by atoms with E-state index in [1.807, 2.05) is 0 Å². The minimum Gasteiger partial charge on any atom is -0.390 e. The summed E-state index contributed by atoms with van der Waals surface area (Å²) in [5.74, 6) is -0.615. The van der Waals surface area contributed by atoms with Gasteiger partial charge in [0.15, 0.2) is 5.82 Å². The van der Waals surface area contributed by atoms with Crippen LogP contribution < -0.4 is 15.0 Å². The zero-order valence-electron chi connectivity index (χ0n) is 18.9. The lowest BCUT2D eigenvalue weighted by Gasteiger charge is -2.35. The van der Waals surface area contributed by atoms with Crippen molar-refractivity contribution in [2.75, 3.05) is 37.6 Å². The van der Waals surface area contributed by atoms with Crippen LogP contribution in [0.25, 0.3) is 0 Å². The number of alkyl halides is 3. The Kier molecular flexibility index (Phi) is 7.37. The summed E-state index contributed by atoms with van der Waals surface area (Å²) >= 11 is 0. The zero-order chi connectivity index (χ0) is 25.0. The van der Waals surface area contributed by atoms with E-state index in [0.717, 1.165) is 6.42 Å². The van der Waals surface area contributed by atoms with E-state index in [9.17, 15) is 27.2 Å². The fourth-order valence-corrected chi connectivity index (χ4v) is 4.08. The number of anilines is 1. The van der Waals surface area contributed by atoms with E-state index in [0.29, 0.717) is 49.6 Å². The number of nitrogens with one attached hydrogen (secondary N) is 1. The van der Waals surface area contributed by atoms with Gasteiger partial charge in [0.05, 0.1) is 11.1 Å². The van der Waals surface area contributed by atoms with Crippen LogP contribution in [0.3, 0.4) is 0 Å². The summed E-state index contributed by atoms with van der Waals surface area (Å²) in [6.07, 6.45) is -0.807. The van der Waals surface area contributed by atoms with Gasteiger partial charge in [-0.3, -0.25) is 4.79 Å². The van der Waals surface area contributed by atoms with E-state index in [1.165, 1.54) is 30.2 Å². The third-order valence-corrected chi connectivity index (χ3v) is 6.28. The largest absolute Gasteiger partial charge is 0.417 e. The number of halogens is 4. The van der Waals surface area contributed by atoms with Crippen molar-refractivity contribution < 1.29 is 31.9 Å². The van der Waals surface area contributed by atoms with Crippen molar-refractivity contribution in [1.82, 2.24) is 20.4 Å². The molecule has 188 valence electrons. The van der Waals surface area contributed by atoms with E-state index in [-0.39, 0.29) is 19.0 Å². The first-order chi connectivity index (χ1) is 16.7. The zero-order valence-corrected chi connectivity index (χ0v) is 18.9. The van der Waals surface area contributed by atoms with Crippen LogP contribution in [0, 0.1) is 11.7 Å². The van der Waals surface area contributed by atoms with Gasteiger partial charge in [0, 0.05) is 38.8 Å². The second kappa shape index (κ2) is 10.4. The van der Waals surface area contributed by atoms with Crippen LogP contribution in [0.5, 0.6) is 5.88 Å². The van der Waals surface area contributed by atoms with E-state index in [1.54, 1.807) is 11.0 Å². The van der Waals surface area contributed by atoms with E-state index in [2.05, 4.69) is 15.5 Å². The average molecular weight is 495 g/mol. The molecule has 1 aromatic carbocycles. The molecule has 12 heteroatoms. The van der Waals surface area contributed by atoms with Crippen molar-refractivity contribution in [3.8, 4) is 5.88 Å². The van der Waals surface area contributed by atoms with Crippen molar-refractivity contribution in [2.45, 2.75) is 31.9 Å². The van der Waals surface area contributed by atoms with E-state index < -0.39 is 35.1 Å². The molecule has 2 fully saturated rings. The van der Waals surface area contributed by atoms with Gasteiger partial charge in [-0.1, -0.05) is 19.3 Å². The summed E-state index contributed by atoms with van der Waals surface area (Å²) in [4.78, 5) is 27.6. The molecule has 2 amide bonds. The molecule has 0 spiro atoms. The van der Waals surface area contributed by atoms with Gasteiger partial charge in [0.2, 0.25) is 5.88 Å². The number of carbonyl (C=O) groups is 2. The maximum atomic E-state index is 13.6. The van der Waals surface area contributed by atoms with Crippen molar-refractivity contribution >= 4 is 17.8 Å². The molecular formula is C23H25F4N5O3. The first kappa shape index (κ1) is 24.7. The SMILES string of the molecule is O=C(NCCC1CCC1)Oc1ccc(N2CCN(C(=O)c3cc(F)ccc3C(F)(F)F)CC2)nn1. The van der Waals surface area contributed by atoms with Crippen LogP contribution in [0.15, 0.2) is 30.3 Å². The number of piperazine rings is 1. The summed E-state index contributed by atoms with van der Waals surface area (Å²) in [7, 11) is 0. The fraction of sp³-hybridized carbons (Fsp3) is 0.478. The molecule has 1 aromatic heterocycles. The number of carbonyl (C=O) groups excluding carboxylic acids is 2. The summed E-state index contributed by atoms with van der Waals surface area (Å²) in [5.41, 5.74) is -1.88. The molecule has 8 nitrogen and oxygen atoms in total. The highest BCUT2D eigenvalue weighted by Gasteiger charge is 2.37. The molecule has 2 aromatic rings. The van der Waals surface area contributed by atoms with Crippen LogP contribution in [0.4, 0.5) is 28.2 Å². The lowest BCUT2D eigenvalue weighted by Crippen LogP contribution is -2.49. The van der Waals surface area contributed by atoms with Crippen molar-refractivity contribution in [2.24, 2.45) is 5.92 Å². The molecule has 0 radical (unpaired) electrons. The number of hydrogen-bond acceptors (Lipinski definition) is 6. The van der Waals surface area contributed by atoms with Crippen LogP contribution in [-0.4, -0.2) is 59.8 Å². The van der Waals surface area contributed by atoms with Gasteiger partial charge in [-0.25, -0.2) is 9.18 Å². The van der Waals surface area contributed by atoms with Crippen molar-refractivity contribution in [3.63, 3.8) is 0 Å². The van der Waals surface area contributed by atoms with Crippen molar-refractivity contribution in [3.05, 3.63) is 47.3 Å². The second-order valence-electron chi connectivity index (χ2n) is 8.60. The average Bonchev–Trinajstić information content (AvgIpc) is 2.80. The molecule has 4 rings (SSSR count). The molecule has 1 saturated carbocycles. The lowest BCUT2D eigenvalue weighted by atomic mass is 9.83. The number of amides is 2. The van der Waals surface area contributed by atoms with Gasteiger partial charge < -0.3 is 19.9 Å². The van der Waals surface area contributed by atoms with Crippen molar-refractivity contribution in [1.29, 1.82) is 0 Å². The van der Waals surface area contributed by atoms with Crippen LogP contribution in [0.1, 0.15) is 41.6 Å². The summed E-state index contributed by atoms with van der Waals surface area (Å²) in [6, 6.07) is 4.98. The third-order valence-electron chi connectivity index (χ3n) is 6.28.